The van der Waals surface area contributed by atoms with E-state index in [1.165, 1.54) is 19.2 Å². The average molecular weight is 303 g/mol. The van der Waals surface area contributed by atoms with Gasteiger partial charge in [0.1, 0.15) is 0 Å². The fourth-order valence-corrected chi connectivity index (χ4v) is 2.48. The number of hydrogen-bond acceptors (Lipinski definition) is 3. The van der Waals surface area contributed by atoms with Crippen molar-refractivity contribution < 1.29 is 13.9 Å². The first-order valence-electron chi connectivity index (χ1n) is 6.52. The Morgan fingerprint density at radius 3 is 2.85 bits per heavy atom. The van der Waals surface area contributed by atoms with Gasteiger partial charge in [-0.2, -0.15) is 0 Å². The lowest BCUT2D eigenvalue weighted by molar-refractivity contribution is 0.0623. The van der Waals surface area contributed by atoms with Crippen LogP contribution in [-0.4, -0.2) is 37.0 Å². The molecule has 2 rings (SSSR count). The molecule has 1 atom stereocenters. The third kappa shape index (κ3) is 3.41. The van der Waals surface area contributed by atoms with E-state index in [9.17, 15) is 9.18 Å². The quantitative estimate of drug-likeness (QED) is 0.931. The molecule has 1 aliphatic rings. The fourth-order valence-electron chi connectivity index (χ4n) is 2.48. The molecule has 1 amide bonds. The Morgan fingerprint density at radius 2 is 2.25 bits per heavy atom. The molecule has 1 aromatic carbocycles. The van der Waals surface area contributed by atoms with Crippen molar-refractivity contribution in [2.24, 2.45) is 5.73 Å². The van der Waals surface area contributed by atoms with Crippen LogP contribution in [0.15, 0.2) is 18.2 Å². The highest BCUT2D eigenvalue weighted by Gasteiger charge is 2.26. The Kier molecular flexibility index (Phi) is 6.23. The van der Waals surface area contributed by atoms with Gasteiger partial charge in [0.05, 0.1) is 7.11 Å². The number of carbonyl (C=O) groups excluding carboxylic acids is 1. The minimum absolute atomic E-state index is 0. The second-order valence-electron chi connectivity index (χ2n) is 4.73. The van der Waals surface area contributed by atoms with Crippen molar-refractivity contribution in [3.8, 4) is 5.75 Å². The van der Waals surface area contributed by atoms with Crippen LogP contribution in [0.3, 0.4) is 0 Å². The van der Waals surface area contributed by atoms with Gasteiger partial charge in [-0.25, -0.2) is 4.39 Å². The van der Waals surface area contributed by atoms with Gasteiger partial charge in [-0.05, 0) is 37.5 Å². The van der Waals surface area contributed by atoms with Crippen LogP contribution in [-0.2, 0) is 0 Å². The number of methoxy groups -OCH3 is 1. The van der Waals surface area contributed by atoms with E-state index in [0.717, 1.165) is 19.3 Å². The first-order chi connectivity index (χ1) is 9.17. The van der Waals surface area contributed by atoms with Crippen molar-refractivity contribution in [3.05, 3.63) is 29.6 Å². The van der Waals surface area contributed by atoms with Crippen LogP contribution in [0.5, 0.6) is 5.75 Å². The zero-order valence-corrected chi connectivity index (χ0v) is 12.3. The van der Waals surface area contributed by atoms with E-state index in [4.69, 9.17) is 10.5 Å². The van der Waals surface area contributed by atoms with Crippen LogP contribution in [0, 0.1) is 5.82 Å². The first kappa shape index (κ1) is 16.7. The summed E-state index contributed by atoms with van der Waals surface area (Å²) in [4.78, 5) is 14.1. The van der Waals surface area contributed by atoms with Crippen LogP contribution < -0.4 is 10.5 Å². The number of halogens is 2. The molecule has 6 heteroatoms. The van der Waals surface area contributed by atoms with Crippen molar-refractivity contribution >= 4 is 18.3 Å². The molecular weight excluding hydrogens is 283 g/mol. The van der Waals surface area contributed by atoms with Gasteiger partial charge in [0.2, 0.25) is 0 Å². The second-order valence-corrected chi connectivity index (χ2v) is 4.73. The third-order valence-corrected chi connectivity index (χ3v) is 3.56. The van der Waals surface area contributed by atoms with Crippen molar-refractivity contribution in [2.75, 3.05) is 20.2 Å². The second kappa shape index (κ2) is 7.45. The Morgan fingerprint density at radius 1 is 1.50 bits per heavy atom. The Balaban J connectivity index is 0.00000200. The van der Waals surface area contributed by atoms with Gasteiger partial charge < -0.3 is 15.4 Å². The van der Waals surface area contributed by atoms with Gasteiger partial charge in [0.25, 0.3) is 5.91 Å². The molecule has 1 unspecified atom stereocenters. The van der Waals surface area contributed by atoms with E-state index in [2.05, 4.69) is 0 Å². The summed E-state index contributed by atoms with van der Waals surface area (Å²) in [5.74, 6) is -0.531. The topological polar surface area (TPSA) is 55.6 Å². The Hall–Kier alpha value is -1.33. The van der Waals surface area contributed by atoms with E-state index in [1.807, 2.05) is 0 Å². The minimum atomic E-state index is -0.519. The lowest BCUT2D eigenvalue weighted by atomic mass is 10.0. The van der Waals surface area contributed by atoms with E-state index in [0.29, 0.717) is 18.7 Å². The molecule has 0 spiro atoms. The number of nitrogens with two attached hydrogens (primary N) is 1. The van der Waals surface area contributed by atoms with E-state index >= 15 is 0 Å². The number of ether oxygens (including phenoxy) is 1. The van der Waals surface area contributed by atoms with Crippen LogP contribution in [0.1, 0.15) is 29.6 Å². The zero-order valence-electron chi connectivity index (χ0n) is 11.5. The lowest BCUT2D eigenvalue weighted by Crippen LogP contribution is -2.47. The minimum Gasteiger partial charge on any atom is -0.494 e. The molecule has 1 fully saturated rings. The average Bonchev–Trinajstić information content (AvgIpc) is 2.46. The standard InChI is InChI=1S/C14H19FN2O2.ClH/c1-19-13-6-5-10(8-12(13)15)14(18)17-7-3-2-4-11(17)9-16;/h5-6,8,11H,2-4,7,9,16H2,1H3;1H. The van der Waals surface area contributed by atoms with Gasteiger partial charge >= 0.3 is 0 Å². The van der Waals surface area contributed by atoms with E-state index < -0.39 is 5.82 Å². The molecule has 1 aromatic rings. The number of hydrogen-bond donors (Lipinski definition) is 1. The van der Waals surface area contributed by atoms with Crippen molar-refractivity contribution in [1.29, 1.82) is 0 Å². The van der Waals surface area contributed by atoms with E-state index in [1.54, 1.807) is 11.0 Å². The molecule has 0 saturated carbocycles. The highest BCUT2D eigenvalue weighted by molar-refractivity contribution is 5.94. The molecule has 0 aliphatic carbocycles. The molecular formula is C14H20ClFN2O2. The molecule has 0 radical (unpaired) electrons. The summed E-state index contributed by atoms with van der Waals surface area (Å²) in [6, 6.07) is 4.35. The number of benzene rings is 1. The van der Waals surface area contributed by atoms with Gasteiger partial charge in [0, 0.05) is 24.7 Å². The summed E-state index contributed by atoms with van der Waals surface area (Å²) in [6.07, 6.45) is 2.98. The maximum atomic E-state index is 13.6. The molecule has 112 valence electrons. The molecule has 0 aromatic heterocycles. The van der Waals surface area contributed by atoms with Crippen molar-refractivity contribution in [2.45, 2.75) is 25.3 Å². The number of piperidine rings is 1. The van der Waals surface area contributed by atoms with Gasteiger partial charge in [-0.3, -0.25) is 4.79 Å². The Bertz CT molecular complexity index is 470. The maximum absolute atomic E-state index is 13.6. The molecule has 2 N–H and O–H groups in total. The first-order valence-corrected chi connectivity index (χ1v) is 6.52. The molecule has 1 saturated heterocycles. The fraction of sp³-hybridized carbons (Fsp3) is 0.500. The maximum Gasteiger partial charge on any atom is 0.254 e. The molecule has 20 heavy (non-hydrogen) atoms. The van der Waals surface area contributed by atoms with Gasteiger partial charge in [0.15, 0.2) is 11.6 Å². The highest BCUT2D eigenvalue weighted by Crippen LogP contribution is 2.22. The van der Waals surface area contributed by atoms with Crippen molar-refractivity contribution in [1.82, 2.24) is 4.90 Å². The van der Waals surface area contributed by atoms with Crippen LogP contribution in [0.4, 0.5) is 4.39 Å². The number of amides is 1. The number of carbonyl (C=O) groups is 1. The summed E-state index contributed by atoms with van der Waals surface area (Å²) >= 11 is 0. The molecule has 0 bridgehead atoms. The summed E-state index contributed by atoms with van der Waals surface area (Å²) in [5.41, 5.74) is 6.04. The largest absolute Gasteiger partial charge is 0.494 e. The SMILES string of the molecule is COc1ccc(C(=O)N2CCCCC2CN)cc1F.Cl. The molecule has 1 aliphatic heterocycles. The Labute approximate surface area is 124 Å². The van der Waals surface area contributed by atoms with Gasteiger partial charge in [-0.15, -0.1) is 12.4 Å². The lowest BCUT2D eigenvalue weighted by Gasteiger charge is -2.35. The number of rotatable bonds is 3. The normalized spacial score (nSPS) is 18.4. The summed E-state index contributed by atoms with van der Waals surface area (Å²) in [5, 5.41) is 0. The third-order valence-electron chi connectivity index (χ3n) is 3.56. The summed E-state index contributed by atoms with van der Waals surface area (Å²) < 4.78 is 18.5. The summed E-state index contributed by atoms with van der Waals surface area (Å²) in [6.45, 7) is 1.14. The zero-order chi connectivity index (χ0) is 13.8. The highest BCUT2D eigenvalue weighted by atomic mass is 35.5. The molecule has 1 heterocycles. The van der Waals surface area contributed by atoms with Crippen LogP contribution >= 0.6 is 12.4 Å². The number of likely N-dealkylation sites (tertiary alicyclic amines) is 1. The predicted molar refractivity (Wildman–Crippen MR) is 77.9 cm³/mol. The smallest absolute Gasteiger partial charge is 0.254 e. The monoisotopic (exact) mass is 302 g/mol. The number of nitrogens with zero attached hydrogens (tertiary/aromatic N) is 1. The van der Waals surface area contributed by atoms with E-state index in [-0.39, 0.29) is 30.1 Å². The van der Waals surface area contributed by atoms with Crippen molar-refractivity contribution in [3.63, 3.8) is 0 Å². The van der Waals surface area contributed by atoms with Crippen LogP contribution in [0.25, 0.3) is 0 Å². The predicted octanol–water partition coefficient (Wildman–Crippen LogP) is 2.21. The van der Waals surface area contributed by atoms with Crippen LogP contribution in [0.2, 0.25) is 0 Å². The summed E-state index contributed by atoms with van der Waals surface area (Å²) in [7, 11) is 1.40. The molecule has 4 nitrogen and oxygen atoms in total. The van der Waals surface area contributed by atoms with Gasteiger partial charge in [-0.1, -0.05) is 0 Å².